The van der Waals surface area contributed by atoms with Crippen LogP contribution in [0.1, 0.15) is 0 Å². The van der Waals surface area contributed by atoms with Crippen molar-refractivity contribution in [2.75, 3.05) is 32.5 Å². The molecule has 0 aliphatic carbocycles. The van der Waals surface area contributed by atoms with Gasteiger partial charge in [-0.05, 0) is 38.4 Å². The molecule has 0 atom stereocenters. The first kappa shape index (κ1) is 13.0. The molecule has 0 fully saturated rings. The van der Waals surface area contributed by atoms with Crippen LogP contribution in [0, 0.1) is 5.82 Å². The Morgan fingerprint density at radius 3 is 2.67 bits per heavy atom. The summed E-state index contributed by atoms with van der Waals surface area (Å²) >= 11 is 1.57. The van der Waals surface area contributed by atoms with Gasteiger partial charge in [0.05, 0.1) is 5.69 Å². The molecule has 0 aliphatic rings. The number of nitrogens with one attached hydrogen (secondary N) is 1. The highest BCUT2D eigenvalue weighted by Crippen LogP contribution is 2.24. The number of rotatable bonds is 5. The van der Waals surface area contributed by atoms with E-state index in [9.17, 15) is 4.39 Å². The van der Waals surface area contributed by atoms with Crippen LogP contribution in [0.2, 0.25) is 0 Å². The lowest BCUT2D eigenvalue weighted by atomic mass is 10.2. The minimum atomic E-state index is -0.224. The van der Waals surface area contributed by atoms with Crippen molar-refractivity contribution in [3.8, 4) is 11.3 Å². The number of benzene rings is 1. The molecule has 1 aromatic carbocycles. The van der Waals surface area contributed by atoms with Crippen LogP contribution in [0.25, 0.3) is 11.3 Å². The Kier molecular flexibility index (Phi) is 4.28. The maximum atomic E-state index is 12.8. The maximum absolute atomic E-state index is 12.8. The summed E-state index contributed by atoms with van der Waals surface area (Å²) in [5, 5.41) is 6.15. The van der Waals surface area contributed by atoms with Crippen LogP contribution in [0.5, 0.6) is 0 Å². The van der Waals surface area contributed by atoms with Crippen molar-refractivity contribution in [3.63, 3.8) is 0 Å². The largest absolute Gasteiger partial charge is 0.360 e. The van der Waals surface area contributed by atoms with Crippen LogP contribution in [-0.2, 0) is 0 Å². The van der Waals surface area contributed by atoms with Gasteiger partial charge in [0.15, 0.2) is 5.13 Å². The van der Waals surface area contributed by atoms with E-state index in [4.69, 9.17) is 0 Å². The average molecular weight is 265 g/mol. The van der Waals surface area contributed by atoms with Crippen molar-refractivity contribution in [2.45, 2.75) is 0 Å². The normalized spacial score (nSPS) is 10.9. The molecule has 0 radical (unpaired) electrons. The third kappa shape index (κ3) is 3.51. The summed E-state index contributed by atoms with van der Waals surface area (Å²) in [7, 11) is 4.07. The Hall–Kier alpha value is -1.46. The molecule has 1 aromatic heterocycles. The Balaban J connectivity index is 1.99. The fourth-order valence-electron chi connectivity index (χ4n) is 1.49. The number of anilines is 1. The second-order valence-electron chi connectivity index (χ2n) is 4.27. The van der Waals surface area contributed by atoms with Gasteiger partial charge >= 0.3 is 0 Å². The fraction of sp³-hybridized carbons (Fsp3) is 0.308. The minimum Gasteiger partial charge on any atom is -0.360 e. The topological polar surface area (TPSA) is 28.2 Å². The summed E-state index contributed by atoms with van der Waals surface area (Å²) in [5.74, 6) is -0.224. The quantitative estimate of drug-likeness (QED) is 0.901. The number of likely N-dealkylation sites (N-methyl/N-ethyl adjacent to an activating group) is 1. The van der Waals surface area contributed by atoms with Crippen molar-refractivity contribution in [1.82, 2.24) is 9.88 Å². The zero-order valence-electron chi connectivity index (χ0n) is 10.5. The van der Waals surface area contributed by atoms with Gasteiger partial charge in [0, 0.05) is 24.0 Å². The Labute approximate surface area is 110 Å². The molecule has 2 rings (SSSR count). The van der Waals surface area contributed by atoms with Crippen LogP contribution >= 0.6 is 11.3 Å². The fourth-order valence-corrected chi connectivity index (χ4v) is 2.24. The highest BCUT2D eigenvalue weighted by Gasteiger charge is 2.04. The smallest absolute Gasteiger partial charge is 0.183 e. The molecule has 0 unspecified atom stereocenters. The number of thiazole rings is 1. The van der Waals surface area contributed by atoms with Crippen LogP contribution < -0.4 is 5.32 Å². The highest BCUT2D eigenvalue weighted by molar-refractivity contribution is 7.14. The molecule has 0 bridgehead atoms. The molecule has 5 heteroatoms. The Morgan fingerprint density at radius 1 is 1.28 bits per heavy atom. The lowest BCUT2D eigenvalue weighted by Gasteiger charge is -2.08. The molecule has 0 amide bonds. The van der Waals surface area contributed by atoms with E-state index in [1.165, 1.54) is 12.1 Å². The third-order valence-corrected chi connectivity index (χ3v) is 3.28. The summed E-state index contributed by atoms with van der Waals surface area (Å²) in [5.41, 5.74) is 1.82. The zero-order chi connectivity index (χ0) is 13.0. The first-order valence-electron chi connectivity index (χ1n) is 5.75. The van der Waals surface area contributed by atoms with E-state index in [-0.39, 0.29) is 5.82 Å². The SMILES string of the molecule is CN(C)CCNc1nc(-c2ccc(F)cc2)cs1. The van der Waals surface area contributed by atoms with Gasteiger partial charge in [-0.15, -0.1) is 11.3 Å². The average Bonchev–Trinajstić information content (AvgIpc) is 2.78. The van der Waals surface area contributed by atoms with Gasteiger partial charge in [-0.2, -0.15) is 0 Å². The standard InChI is InChI=1S/C13H16FN3S/c1-17(2)8-7-15-13-16-12(9-18-13)10-3-5-11(14)6-4-10/h3-6,9H,7-8H2,1-2H3,(H,15,16). The molecular weight excluding hydrogens is 249 g/mol. The minimum absolute atomic E-state index is 0.224. The van der Waals surface area contributed by atoms with E-state index in [1.54, 1.807) is 23.5 Å². The van der Waals surface area contributed by atoms with E-state index in [2.05, 4.69) is 15.2 Å². The molecule has 0 saturated carbocycles. The van der Waals surface area contributed by atoms with E-state index in [0.717, 1.165) is 29.5 Å². The predicted octanol–water partition coefficient (Wildman–Crippen LogP) is 2.92. The van der Waals surface area contributed by atoms with Crippen molar-refractivity contribution >= 4 is 16.5 Å². The maximum Gasteiger partial charge on any atom is 0.183 e. The van der Waals surface area contributed by atoms with Crippen molar-refractivity contribution in [1.29, 1.82) is 0 Å². The molecule has 0 spiro atoms. The second kappa shape index (κ2) is 5.93. The molecule has 96 valence electrons. The number of halogens is 1. The number of nitrogens with zero attached hydrogens (tertiary/aromatic N) is 2. The third-order valence-electron chi connectivity index (χ3n) is 2.48. The van der Waals surface area contributed by atoms with Crippen LogP contribution in [0.4, 0.5) is 9.52 Å². The van der Waals surface area contributed by atoms with Crippen LogP contribution in [0.15, 0.2) is 29.6 Å². The van der Waals surface area contributed by atoms with Gasteiger partial charge < -0.3 is 10.2 Å². The molecule has 2 aromatic rings. The second-order valence-corrected chi connectivity index (χ2v) is 5.13. The summed E-state index contributed by atoms with van der Waals surface area (Å²) in [6.07, 6.45) is 0. The number of hydrogen-bond donors (Lipinski definition) is 1. The van der Waals surface area contributed by atoms with E-state index < -0.39 is 0 Å². The summed E-state index contributed by atoms with van der Waals surface area (Å²) in [4.78, 5) is 6.59. The van der Waals surface area contributed by atoms with Gasteiger partial charge in [-0.25, -0.2) is 9.37 Å². The number of hydrogen-bond acceptors (Lipinski definition) is 4. The first-order chi connectivity index (χ1) is 8.65. The molecule has 0 saturated heterocycles. The summed E-state index contributed by atoms with van der Waals surface area (Å²) < 4.78 is 12.8. The van der Waals surface area contributed by atoms with Crippen LogP contribution in [0.3, 0.4) is 0 Å². The Bertz CT molecular complexity index is 493. The lowest BCUT2D eigenvalue weighted by Crippen LogP contribution is -2.20. The van der Waals surface area contributed by atoms with E-state index in [0.29, 0.717) is 0 Å². The predicted molar refractivity (Wildman–Crippen MR) is 74.6 cm³/mol. The zero-order valence-corrected chi connectivity index (χ0v) is 11.3. The molecule has 0 aliphatic heterocycles. The van der Waals surface area contributed by atoms with Gasteiger partial charge in [-0.1, -0.05) is 0 Å². The van der Waals surface area contributed by atoms with Gasteiger partial charge in [0.1, 0.15) is 5.82 Å². The summed E-state index contributed by atoms with van der Waals surface area (Å²) in [6.45, 7) is 1.83. The Morgan fingerprint density at radius 2 is 2.00 bits per heavy atom. The molecule has 18 heavy (non-hydrogen) atoms. The summed E-state index contributed by atoms with van der Waals surface area (Å²) in [6, 6.07) is 6.39. The van der Waals surface area contributed by atoms with E-state index in [1.807, 2.05) is 19.5 Å². The van der Waals surface area contributed by atoms with E-state index >= 15 is 0 Å². The number of aromatic nitrogens is 1. The molecular formula is C13H16FN3S. The van der Waals surface area contributed by atoms with Crippen molar-refractivity contribution < 1.29 is 4.39 Å². The molecule has 1 N–H and O–H groups in total. The van der Waals surface area contributed by atoms with Crippen molar-refractivity contribution in [2.24, 2.45) is 0 Å². The van der Waals surface area contributed by atoms with Gasteiger partial charge in [0.25, 0.3) is 0 Å². The van der Waals surface area contributed by atoms with Gasteiger partial charge in [-0.3, -0.25) is 0 Å². The molecule has 3 nitrogen and oxygen atoms in total. The monoisotopic (exact) mass is 265 g/mol. The lowest BCUT2D eigenvalue weighted by molar-refractivity contribution is 0.425. The first-order valence-corrected chi connectivity index (χ1v) is 6.63. The van der Waals surface area contributed by atoms with Crippen LogP contribution in [-0.4, -0.2) is 37.1 Å². The van der Waals surface area contributed by atoms with Gasteiger partial charge in [0.2, 0.25) is 0 Å². The van der Waals surface area contributed by atoms with Crippen molar-refractivity contribution in [3.05, 3.63) is 35.5 Å². The molecule has 1 heterocycles. The highest BCUT2D eigenvalue weighted by atomic mass is 32.1.